The van der Waals surface area contributed by atoms with Crippen LogP contribution in [0.1, 0.15) is 58.8 Å². The van der Waals surface area contributed by atoms with Crippen molar-refractivity contribution >= 4 is 21.9 Å². The number of rotatable bonds is 11. The molecular formula is C16H27BrO3. The van der Waals surface area contributed by atoms with Gasteiger partial charge in [0.2, 0.25) is 0 Å². The second-order valence-corrected chi connectivity index (χ2v) is 5.38. The van der Waals surface area contributed by atoms with Gasteiger partial charge in [0.15, 0.2) is 6.10 Å². The molecule has 0 rings (SSSR count). The van der Waals surface area contributed by atoms with E-state index in [1.807, 2.05) is 6.92 Å². The Morgan fingerprint density at radius 3 is 2.55 bits per heavy atom. The lowest BCUT2D eigenvalue weighted by Gasteiger charge is -2.13. The van der Waals surface area contributed by atoms with E-state index in [0.29, 0.717) is 19.6 Å². The predicted octanol–water partition coefficient (Wildman–Crippen LogP) is 4.08. The van der Waals surface area contributed by atoms with E-state index in [2.05, 4.69) is 34.7 Å². The van der Waals surface area contributed by atoms with E-state index < -0.39 is 6.10 Å². The van der Waals surface area contributed by atoms with E-state index >= 15 is 0 Å². The summed E-state index contributed by atoms with van der Waals surface area (Å²) in [4.78, 5) is 11.8. The Bertz CT molecular complexity index is 294. The number of hydrogen-bond acceptors (Lipinski definition) is 3. The number of carbonyl (C=O) groups excluding carboxylic acids is 1. The lowest BCUT2D eigenvalue weighted by Crippen LogP contribution is -2.26. The van der Waals surface area contributed by atoms with Crippen LogP contribution < -0.4 is 0 Å². The van der Waals surface area contributed by atoms with Gasteiger partial charge in [-0.3, -0.25) is 0 Å². The van der Waals surface area contributed by atoms with Gasteiger partial charge in [0.05, 0.1) is 6.61 Å². The fourth-order valence-electron chi connectivity index (χ4n) is 1.58. The maximum atomic E-state index is 11.8. The molecule has 0 heterocycles. The molecular weight excluding hydrogens is 320 g/mol. The van der Waals surface area contributed by atoms with Crippen LogP contribution in [0.15, 0.2) is 0 Å². The van der Waals surface area contributed by atoms with Crippen LogP contribution in [-0.4, -0.2) is 30.6 Å². The number of esters is 1. The predicted molar refractivity (Wildman–Crippen MR) is 85.9 cm³/mol. The van der Waals surface area contributed by atoms with Crippen molar-refractivity contribution in [3.8, 4) is 11.8 Å². The molecule has 0 aliphatic heterocycles. The Kier molecular flexibility index (Phi) is 14.5. The van der Waals surface area contributed by atoms with Crippen LogP contribution >= 0.6 is 15.9 Å². The fourth-order valence-corrected chi connectivity index (χ4v) is 1.97. The highest BCUT2D eigenvalue weighted by molar-refractivity contribution is 9.09. The molecule has 0 spiro atoms. The van der Waals surface area contributed by atoms with Crippen molar-refractivity contribution in [2.75, 3.05) is 18.5 Å². The second kappa shape index (κ2) is 14.9. The van der Waals surface area contributed by atoms with Gasteiger partial charge in [0.1, 0.15) is 6.61 Å². The van der Waals surface area contributed by atoms with Gasteiger partial charge in [-0.25, -0.2) is 4.79 Å². The van der Waals surface area contributed by atoms with E-state index in [1.165, 1.54) is 12.8 Å². The van der Waals surface area contributed by atoms with Crippen LogP contribution in [0.3, 0.4) is 0 Å². The highest BCUT2D eigenvalue weighted by Crippen LogP contribution is 2.05. The zero-order valence-electron chi connectivity index (χ0n) is 12.8. The highest BCUT2D eigenvalue weighted by atomic mass is 79.9. The third-order valence-corrected chi connectivity index (χ3v) is 3.32. The fraction of sp³-hybridized carbons (Fsp3) is 0.812. The van der Waals surface area contributed by atoms with Crippen molar-refractivity contribution in [2.24, 2.45) is 0 Å². The normalized spacial score (nSPS) is 11.6. The first-order chi connectivity index (χ1) is 9.76. The molecule has 0 aliphatic rings. The molecule has 0 aromatic heterocycles. The standard InChI is InChI=1S/C16H27BrO3/c1-3-5-6-10-13-19-15(4-2)16(18)20-14-11-8-7-9-12-17/h15H,3-5,7-9,11-14H2,1-2H3. The molecule has 1 atom stereocenters. The average molecular weight is 347 g/mol. The summed E-state index contributed by atoms with van der Waals surface area (Å²) < 4.78 is 10.7. The van der Waals surface area contributed by atoms with E-state index in [-0.39, 0.29) is 5.97 Å². The number of ether oxygens (including phenoxy) is 2. The molecule has 0 saturated heterocycles. The third-order valence-electron chi connectivity index (χ3n) is 2.76. The Labute approximate surface area is 131 Å². The molecule has 3 nitrogen and oxygen atoms in total. The van der Waals surface area contributed by atoms with Gasteiger partial charge in [0.25, 0.3) is 0 Å². The molecule has 0 saturated carbocycles. The van der Waals surface area contributed by atoms with Crippen LogP contribution in [0.25, 0.3) is 0 Å². The minimum Gasteiger partial charge on any atom is -0.464 e. The van der Waals surface area contributed by atoms with E-state index in [9.17, 15) is 4.79 Å². The van der Waals surface area contributed by atoms with Crippen molar-refractivity contribution in [3.05, 3.63) is 0 Å². The molecule has 0 bridgehead atoms. The number of halogens is 1. The molecule has 0 N–H and O–H groups in total. The van der Waals surface area contributed by atoms with Crippen LogP contribution in [0.4, 0.5) is 0 Å². The molecule has 4 heteroatoms. The number of alkyl halides is 1. The van der Waals surface area contributed by atoms with Gasteiger partial charge in [-0.15, -0.1) is 5.92 Å². The summed E-state index contributed by atoms with van der Waals surface area (Å²) >= 11 is 3.40. The molecule has 0 amide bonds. The highest BCUT2D eigenvalue weighted by Gasteiger charge is 2.17. The summed E-state index contributed by atoms with van der Waals surface area (Å²) in [5, 5.41) is 1.04. The van der Waals surface area contributed by atoms with Gasteiger partial charge < -0.3 is 9.47 Å². The zero-order chi connectivity index (χ0) is 15.1. The summed E-state index contributed by atoms with van der Waals surface area (Å²) in [6, 6.07) is 0. The summed E-state index contributed by atoms with van der Waals surface area (Å²) in [5.74, 6) is 5.65. The molecule has 1 unspecified atom stereocenters. The molecule has 0 aliphatic carbocycles. The smallest absolute Gasteiger partial charge is 0.335 e. The molecule has 20 heavy (non-hydrogen) atoms. The minimum atomic E-state index is -0.478. The van der Waals surface area contributed by atoms with Gasteiger partial charge in [-0.1, -0.05) is 48.5 Å². The second-order valence-electron chi connectivity index (χ2n) is 4.58. The van der Waals surface area contributed by atoms with Gasteiger partial charge >= 0.3 is 5.97 Å². The van der Waals surface area contributed by atoms with Crippen LogP contribution in [0.5, 0.6) is 0 Å². The van der Waals surface area contributed by atoms with Crippen molar-refractivity contribution in [2.45, 2.75) is 64.9 Å². The van der Waals surface area contributed by atoms with Gasteiger partial charge in [0, 0.05) is 11.8 Å². The lowest BCUT2D eigenvalue weighted by atomic mass is 10.2. The van der Waals surface area contributed by atoms with Crippen LogP contribution in [-0.2, 0) is 14.3 Å². The van der Waals surface area contributed by atoms with E-state index in [0.717, 1.165) is 31.0 Å². The van der Waals surface area contributed by atoms with Gasteiger partial charge in [-0.2, -0.15) is 0 Å². The summed E-state index contributed by atoms with van der Waals surface area (Å²) in [5.41, 5.74) is 0. The Hall–Kier alpha value is -0.530. The molecule has 0 radical (unpaired) electrons. The first kappa shape index (κ1) is 19.5. The topological polar surface area (TPSA) is 35.5 Å². The Balaban J connectivity index is 3.72. The largest absolute Gasteiger partial charge is 0.464 e. The lowest BCUT2D eigenvalue weighted by molar-refractivity contribution is -0.156. The Morgan fingerprint density at radius 1 is 1.15 bits per heavy atom. The molecule has 0 aromatic carbocycles. The van der Waals surface area contributed by atoms with Crippen LogP contribution in [0.2, 0.25) is 0 Å². The van der Waals surface area contributed by atoms with E-state index in [4.69, 9.17) is 9.47 Å². The van der Waals surface area contributed by atoms with Crippen molar-refractivity contribution in [1.29, 1.82) is 0 Å². The first-order valence-electron chi connectivity index (χ1n) is 7.56. The summed E-state index contributed by atoms with van der Waals surface area (Å²) in [7, 11) is 0. The number of unbranched alkanes of at least 4 members (excludes halogenated alkanes) is 4. The molecule has 0 fully saturated rings. The molecule has 0 aromatic rings. The van der Waals surface area contributed by atoms with Crippen molar-refractivity contribution in [1.82, 2.24) is 0 Å². The van der Waals surface area contributed by atoms with Crippen molar-refractivity contribution in [3.63, 3.8) is 0 Å². The number of carbonyl (C=O) groups is 1. The minimum absolute atomic E-state index is 0.259. The monoisotopic (exact) mass is 346 g/mol. The van der Waals surface area contributed by atoms with Crippen LogP contribution in [0, 0.1) is 11.8 Å². The van der Waals surface area contributed by atoms with Crippen molar-refractivity contribution < 1.29 is 14.3 Å². The van der Waals surface area contributed by atoms with E-state index in [1.54, 1.807) is 0 Å². The zero-order valence-corrected chi connectivity index (χ0v) is 14.3. The average Bonchev–Trinajstić information content (AvgIpc) is 2.46. The maximum Gasteiger partial charge on any atom is 0.335 e. The summed E-state index contributed by atoms with van der Waals surface area (Å²) in [6.45, 7) is 4.79. The van der Waals surface area contributed by atoms with Gasteiger partial charge in [-0.05, 0) is 25.7 Å². The molecule has 116 valence electrons. The quantitative estimate of drug-likeness (QED) is 0.244. The number of hydrogen-bond donors (Lipinski definition) is 0. The Morgan fingerprint density at radius 2 is 1.90 bits per heavy atom. The first-order valence-corrected chi connectivity index (χ1v) is 8.68. The maximum absolute atomic E-state index is 11.8. The SMILES string of the molecule is CCCC#CCOC(CC)C(=O)OCCCCCCBr. The third kappa shape index (κ3) is 11.3. The summed E-state index contributed by atoms with van der Waals surface area (Å²) in [6.07, 6.45) is 6.42.